The fourth-order valence-electron chi connectivity index (χ4n) is 1.70. The lowest BCUT2D eigenvalue weighted by Gasteiger charge is -2.16. The summed E-state index contributed by atoms with van der Waals surface area (Å²) in [5.74, 6) is -0.541. The normalized spacial score (nSPS) is 30.3. The Labute approximate surface area is 78.6 Å². The maximum Gasteiger partial charge on any atom is 0.221 e. The summed E-state index contributed by atoms with van der Waals surface area (Å²) in [4.78, 5) is 10.9. The van der Waals surface area contributed by atoms with Gasteiger partial charge >= 0.3 is 0 Å². The average Bonchev–Trinajstić information content (AvgIpc) is 2.46. The van der Waals surface area contributed by atoms with E-state index in [1.807, 2.05) is 6.92 Å². The van der Waals surface area contributed by atoms with E-state index < -0.39 is 0 Å². The number of ether oxygens (including phenoxy) is 1. The highest BCUT2D eigenvalue weighted by atomic mass is 16.5. The van der Waals surface area contributed by atoms with Gasteiger partial charge in [0.25, 0.3) is 0 Å². The maximum atomic E-state index is 10.9. The number of carbonyl (C=O) groups is 1. The highest BCUT2D eigenvalue weighted by molar-refractivity contribution is 5.76. The number of hydrogen-bond donors (Lipinski definition) is 2. The van der Waals surface area contributed by atoms with Gasteiger partial charge in [-0.2, -0.15) is 0 Å². The second-order valence-corrected chi connectivity index (χ2v) is 3.72. The number of rotatable bonds is 4. The quantitative estimate of drug-likeness (QED) is 0.649. The van der Waals surface area contributed by atoms with Gasteiger partial charge in [0.1, 0.15) is 0 Å². The summed E-state index contributed by atoms with van der Waals surface area (Å²) < 4.78 is 5.58. The lowest BCUT2D eigenvalue weighted by Crippen LogP contribution is -2.32. The fraction of sp³-hybridized carbons (Fsp3) is 0.889. The molecule has 1 saturated heterocycles. The van der Waals surface area contributed by atoms with E-state index in [1.54, 1.807) is 0 Å². The van der Waals surface area contributed by atoms with Crippen LogP contribution in [0.2, 0.25) is 0 Å². The van der Waals surface area contributed by atoms with Crippen LogP contribution in [0.4, 0.5) is 0 Å². The molecule has 13 heavy (non-hydrogen) atoms. The first-order chi connectivity index (χ1) is 6.13. The molecular formula is C9H18N2O2. The Morgan fingerprint density at radius 2 is 2.31 bits per heavy atom. The molecule has 4 N–H and O–H groups in total. The third kappa shape index (κ3) is 2.97. The zero-order valence-corrected chi connectivity index (χ0v) is 8.03. The first kappa shape index (κ1) is 10.5. The van der Waals surface area contributed by atoms with E-state index >= 15 is 0 Å². The van der Waals surface area contributed by atoms with Crippen molar-refractivity contribution in [3.05, 3.63) is 0 Å². The van der Waals surface area contributed by atoms with Crippen LogP contribution in [0, 0.1) is 5.92 Å². The molecule has 3 unspecified atom stereocenters. The Morgan fingerprint density at radius 3 is 2.69 bits per heavy atom. The average molecular weight is 186 g/mol. The molecular weight excluding hydrogens is 168 g/mol. The summed E-state index contributed by atoms with van der Waals surface area (Å²) >= 11 is 0. The van der Waals surface area contributed by atoms with Gasteiger partial charge in [-0.1, -0.05) is 0 Å². The molecule has 4 heteroatoms. The van der Waals surface area contributed by atoms with E-state index in [0.29, 0.717) is 19.1 Å². The Morgan fingerprint density at radius 1 is 1.62 bits per heavy atom. The summed E-state index contributed by atoms with van der Waals surface area (Å²) in [7, 11) is 0. The van der Waals surface area contributed by atoms with Crippen molar-refractivity contribution in [2.24, 2.45) is 17.4 Å². The molecule has 1 amide bonds. The Kier molecular flexibility index (Phi) is 3.69. The summed E-state index contributed by atoms with van der Waals surface area (Å²) in [6.45, 7) is 2.37. The molecule has 1 aliphatic heterocycles. The van der Waals surface area contributed by atoms with Crippen LogP contribution in [0.15, 0.2) is 0 Å². The van der Waals surface area contributed by atoms with Gasteiger partial charge in [0.2, 0.25) is 5.91 Å². The first-order valence-corrected chi connectivity index (χ1v) is 4.78. The molecule has 0 bridgehead atoms. The number of nitrogens with two attached hydrogens (primary N) is 2. The summed E-state index contributed by atoms with van der Waals surface area (Å²) in [5, 5.41) is 0. The monoisotopic (exact) mass is 186 g/mol. The molecule has 0 aromatic carbocycles. The largest absolute Gasteiger partial charge is 0.375 e. The summed E-state index contributed by atoms with van der Waals surface area (Å²) in [6.07, 6.45) is 3.26. The Balaban J connectivity index is 2.34. The van der Waals surface area contributed by atoms with Crippen LogP contribution < -0.4 is 11.5 Å². The van der Waals surface area contributed by atoms with E-state index in [1.165, 1.54) is 0 Å². The molecule has 0 aromatic heterocycles. The minimum Gasteiger partial charge on any atom is -0.375 e. The maximum absolute atomic E-state index is 10.9. The highest BCUT2D eigenvalue weighted by Gasteiger charge is 2.26. The molecule has 1 heterocycles. The molecule has 4 nitrogen and oxygen atoms in total. The number of primary amides is 1. The Hall–Kier alpha value is -0.610. The minimum atomic E-state index is -0.314. The number of hydrogen-bond acceptors (Lipinski definition) is 3. The molecule has 3 atom stereocenters. The molecule has 0 aromatic rings. The fourth-order valence-corrected chi connectivity index (χ4v) is 1.70. The van der Waals surface area contributed by atoms with Crippen LogP contribution in [-0.4, -0.2) is 24.7 Å². The lowest BCUT2D eigenvalue weighted by molar-refractivity contribution is -0.122. The van der Waals surface area contributed by atoms with E-state index in [-0.39, 0.29) is 17.9 Å². The second-order valence-electron chi connectivity index (χ2n) is 3.72. The van der Waals surface area contributed by atoms with Gasteiger partial charge in [-0.3, -0.25) is 4.79 Å². The molecule has 1 aliphatic rings. The molecule has 0 radical (unpaired) electrons. The smallest absolute Gasteiger partial charge is 0.221 e. The second kappa shape index (κ2) is 4.58. The van der Waals surface area contributed by atoms with Crippen molar-refractivity contribution in [1.29, 1.82) is 0 Å². The molecule has 1 fully saturated rings. The van der Waals surface area contributed by atoms with Crippen LogP contribution in [0.3, 0.4) is 0 Å². The van der Waals surface area contributed by atoms with Gasteiger partial charge in [0.15, 0.2) is 0 Å². The van der Waals surface area contributed by atoms with Gasteiger partial charge in [0, 0.05) is 6.54 Å². The van der Waals surface area contributed by atoms with Gasteiger partial charge in [-0.05, 0) is 26.2 Å². The van der Waals surface area contributed by atoms with Crippen LogP contribution >= 0.6 is 0 Å². The third-order valence-corrected chi connectivity index (χ3v) is 2.55. The van der Waals surface area contributed by atoms with Gasteiger partial charge in [-0.25, -0.2) is 0 Å². The molecule has 1 rings (SSSR count). The van der Waals surface area contributed by atoms with Crippen molar-refractivity contribution in [2.45, 2.75) is 38.4 Å². The van der Waals surface area contributed by atoms with Crippen molar-refractivity contribution in [3.63, 3.8) is 0 Å². The standard InChI is InChI=1S/C9H18N2O2/c1-6-2-3-8(13-6)4-7(5-10)9(11)12/h6-8H,2-5,10H2,1H3,(H2,11,12). The summed E-state index contributed by atoms with van der Waals surface area (Å²) in [5.41, 5.74) is 10.6. The number of carbonyl (C=O) groups excluding carboxylic acids is 1. The van der Waals surface area contributed by atoms with Crippen molar-refractivity contribution in [3.8, 4) is 0 Å². The first-order valence-electron chi connectivity index (χ1n) is 4.78. The van der Waals surface area contributed by atoms with Crippen molar-refractivity contribution >= 4 is 5.91 Å². The van der Waals surface area contributed by atoms with Crippen LogP contribution in [-0.2, 0) is 9.53 Å². The van der Waals surface area contributed by atoms with Crippen molar-refractivity contribution in [1.82, 2.24) is 0 Å². The SMILES string of the molecule is CC1CCC(CC(CN)C(N)=O)O1. The molecule has 76 valence electrons. The van der Waals surface area contributed by atoms with E-state index in [9.17, 15) is 4.79 Å². The molecule has 0 aliphatic carbocycles. The molecule has 0 spiro atoms. The van der Waals surface area contributed by atoms with Crippen LogP contribution in [0.1, 0.15) is 26.2 Å². The van der Waals surface area contributed by atoms with Gasteiger partial charge < -0.3 is 16.2 Å². The van der Waals surface area contributed by atoms with E-state index in [0.717, 1.165) is 12.8 Å². The minimum absolute atomic E-state index is 0.177. The molecule has 0 saturated carbocycles. The van der Waals surface area contributed by atoms with Crippen LogP contribution in [0.5, 0.6) is 0 Å². The lowest BCUT2D eigenvalue weighted by atomic mass is 9.99. The number of amides is 1. The van der Waals surface area contributed by atoms with E-state index in [4.69, 9.17) is 16.2 Å². The van der Waals surface area contributed by atoms with E-state index in [2.05, 4.69) is 0 Å². The van der Waals surface area contributed by atoms with Gasteiger partial charge in [0.05, 0.1) is 18.1 Å². The van der Waals surface area contributed by atoms with Crippen molar-refractivity contribution in [2.75, 3.05) is 6.54 Å². The topological polar surface area (TPSA) is 78.3 Å². The summed E-state index contributed by atoms with van der Waals surface area (Å²) in [6, 6.07) is 0. The van der Waals surface area contributed by atoms with Crippen LogP contribution in [0.25, 0.3) is 0 Å². The zero-order valence-electron chi connectivity index (χ0n) is 8.03. The highest BCUT2D eigenvalue weighted by Crippen LogP contribution is 2.24. The zero-order chi connectivity index (χ0) is 9.84. The third-order valence-electron chi connectivity index (χ3n) is 2.55. The Bertz CT molecular complexity index is 184. The predicted octanol–water partition coefficient (Wildman–Crippen LogP) is 0.00420. The van der Waals surface area contributed by atoms with Gasteiger partial charge in [-0.15, -0.1) is 0 Å². The predicted molar refractivity (Wildman–Crippen MR) is 49.9 cm³/mol. The van der Waals surface area contributed by atoms with Crippen molar-refractivity contribution < 1.29 is 9.53 Å².